The van der Waals surface area contributed by atoms with Gasteiger partial charge in [0.2, 0.25) is 0 Å². The van der Waals surface area contributed by atoms with E-state index in [-0.39, 0.29) is 6.10 Å². The molecule has 2 aromatic rings. The van der Waals surface area contributed by atoms with Crippen molar-refractivity contribution in [2.45, 2.75) is 31.9 Å². The molecule has 20 heavy (non-hydrogen) atoms. The lowest BCUT2D eigenvalue weighted by Crippen LogP contribution is -2.32. The van der Waals surface area contributed by atoms with Crippen LogP contribution in [0.15, 0.2) is 24.5 Å². The molecular weight excluding hydrogens is 278 g/mol. The van der Waals surface area contributed by atoms with E-state index in [4.69, 9.17) is 16.3 Å². The van der Waals surface area contributed by atoms with Crippen LogP contribution < -0.4 is 5.32 Å². The highest BCUT2D eigenvalue weighted by Gasteiger charge is 2.20. The van der Waals surface area contributed by atoms with Crippen molar-refractivity contribution >= 4 is 17.3 Å². The second-order valence-electron chi connectivity index (χ2n) is 4.97. The molecule has 7 heteroatoms. The van der Waals surface area contributed by atoms with Crippen molar-refractivity contribution in [3.05, 3.63) is 29.5 Å². The maximum absolute atomic E-state index is 6.26. The first-order valence-corrected chi connectivity index (χ1v) is 7.01. The molecule has 1 aliphatic rings. The Bertz CT molecular complexity index is 574. The van der Waals surface area contributed by atoms with Gasteiger partial charge < -0.3 is 10.1 Å². The number of anilines is 1. The van der Waals surface area contributed by atoms with E-state index in [2.05, 4.69) is 27.8 Å². The number of tetrazole rings is 1. The largest absolute Gasteiger partial charge is 0.381 e. The second kappa shape index (κ2) is 5.76. The van der Waals surface area contributed by atoms with Crippen LogP contribution in [0.25, 0.3) is 5.69 Å². The molecule has 2 unspecified atom stereocenters. The number of benzene rings is 1. The van der Waals surface area contributed by atoms with E-state index in [1.165, 1.54) is 0 Å². The van der Waals surface area contributed by atoms with E-state index >= 15 is 0 Å². The zero-order valence-electron chi connectivity index (χ0n) is 11.2. The van der Waals surface area contributed by atoms with Crippen LogP contribution >= 0.6 is 11.6 Å². The Morgan fingerprint density at radius 2 is 2.35 bits per heavy atom. The fourth-order valence-corrected chi connectivity index (χ4v) is 2.57. The fraction of sp³-hybridized carbons (Fsp3) is 0.462. The summed E-state index contributed by atoms with van der Waals surface area (Å²) in [6.07, 6.45) is 3.80. The van der Waals surface area contributed by atoms with Crippen molar-refractivity contribution in [3.8, 4) is 5.69 Å². The van der Waals surface area contributed by atoms with E-state index < -0.39 is 0 Å². The number of rotatable bonds is 3. The van der Waals surface area contributed by atoms with E-state index in [1.807, 2.05) is 18.2 Å². The molecule has 2 heterocycles. The quantitative estimate of drug-likeness (QED) is 0.940. The summed E-state index contributed by atoms with van der Waals surface area (Å²) in [5.41, 5.74) is 1.78. The molecule has 1 N–H and O–H groups in total. The minimum atomic E-state index is 0.280. The van der Waals surface area contributed by atoms with Gasteiger partial charge in [-0.3, -0.25) is 0 Å². The first-order valence-electron chi connectivity index (χ1n) is 6.63. The number of aromatic nitrogens is 4. The number of hydrogen-bond donors (Lipinski definition) is 1. The minimum Gasteiger partial charge on any atom is -0.381 e. The number of nitrogens with zero attached hydrogens (tertiary/aromatic N) is 4. The lowest BCUT2D eigenvalue weighted by molar-refractivity contribution is 0.0232. The summed E-state index contributed by atoms with van der Waals surface area (Å²) < 4.78 is 7.16. The SMILES string of the molecule is CC1CC(Nc2cc(-n3cnnn3)ccc2Cl)CCO1. The molecule has 1 fully saturated rings. The van der Waals surface area contributed by atoms with Gasteiger partial charge in [0.15, 0.2) is 0 Å². The van der Waals surface area contributed by atoms with Crippen LogP contribution in [0.3, 0.4) is 0 Å². The third kappa shape index (κ3) is 2.91. The lowest BCUT2D eigenvalue weighted by Gasteiger charge is -2.29. The molecule has 0 spiro atoms. The summed E-state index contributed by atoms with van der Waals surface area (Å²) in [5, 5.41) is 15.3. The zero-order valence-corrected chi connectivity index (χ0v) is 11.9. The van der Waals surface area contributed by atoms with Crippen molar-refractivity contribution in [3.63, 3.8) is 0 Å². The van der Waals surface area contributed by atoms with Crippen LogP contribution in [-0.4, -0.2) is 39.0 Å². The molecule has 0 bridgehead atoms. The molecule has 3 rings (SSSR count). The summed E-state index contributed by atoms with van der Waals surface area (Å²) >= 11 is 6.26. The molecular formula is C13H16ClN5O. The summed E-state index contributed by atoms with van der Waals surface area (Å²) in [7, 11) is 0. The molecule has 1 aromatic carbocycles. The van der Waals surface area contributed by atoms with E-state index in [0.29, 0.717) is 11.1 Å². The molecule has 1 aliphatic heterocycles. The maximum atomic E-state index is 6.26. The van der Waals surface area contributed by atoms with Crippen molar-refractivity contribution in [1.82, 2.24) is 20.2 Å². The number of nitrogens with one attached hydrogen (secondary N) is 1. The highest BCUT2D eigenvalue weighted by Crippen LogP contribution is 2.27. The van der Waals surface area contributed by atoms with Gasteiger partial charge in [-0.1, -0.05) is 11.6 Å². The van der Waals surface area contributed by atoms with Gasteiger partial charge in [-0.25, -0.2) is 4.68 Å². The van der Waals surface area contributed by atoms with Gasteiger partial charge in [0.1, 0.15) is 6.33 Å². The van der Waals surface area contributed by atoms with E-state index in [0.717, 1.165) is 30.8 Å². The molecule has 1 saturated heterocycles. The van der Waals surface area contributed by atoms with Crippen LogP contribution in [-0.2, 0) is 4.74 Å². The van der Waals surface area contributed by atoms with Crippen molar-refractivity contribution in [1.29, 1.82) is 0 Å². The van der Waals surface area contributed by atoms with Gasteiger partial charge >= 0.3 is 0 Å². The molecule has 106 valence electrons. The maximum Gasteiger partial charge on any atom is 0.143 e. The van der Waals surface area contributed by atoms with Gasteiger partial charge in [-0.15, -0.1) is 5.10 Å². The number of hydrogen-bond acceptors (Lipinski definition) is 5. The molecule has 1 aromatic heterocycles. The fourth-order valence-electron chi connectivity index (χ4n) is 2.40. The summed E-state index contributed by atoms with van der Waals surface area (Å²) in [4.78, 5) is 0. The second-order valence-corrected chi connectivity index (χ2v) is 5.37. The van der Waals surface area contributed by atoms with Crippen LogP contribution in [0.5, 0.6) is 0 Å². The molecule has 0 aliphatic carbocycles. The average Bonchev–Trinajstić information content (AvgIpc) is 2.95. The monoisotopic (exact) mass is 293 g/mol. The van der Waals surface area contributed by atoms with Crippen LogP contribution in [0.1, 0.15) is 19.8 Å². The number of ether oxygens (including phenoxy) is 1. The third-order valence-electron chi connectivity index (χ3n) is 3.41. The highest BCUT2D eigenvalue weighted by atomic mass is 35.5. The van der Waals surface area contributed by atoms with Crippen LogP contribution in [0.2, 0.25) is 5.02 Å². The van der Waals surface area contributed by atoms with Crippen LogP contribution in [0.4, 0.5) is 5.69 Å². The normalized spacial score (nSPS) is 22.7. The van der Waals surface area contributed by atoms with Gasteiger partial charge in [0.05, 0.1) is 22.5 Å². The zero-order chi connectivity index (χ0) is 13.9. The van der Waals surface area contributed by atoms with Crippen molar-refractivity contribution < 1.29 is 4.74 Å². The molecule has 0 amide bonds. The predicted octanol–water partition coefficient (Wildman–Crippen LogP) is 2.30. The molecule has 6 nitrogen and oxygen atoms in total. The third-order valence-corrected chi connectivity index (χ3v) is 3.74. The standard InChI is InChI=1S/C13H16ClN5O/c1-9-6-10(4-5-20-9)16-13-7-11(2-3-12(13)14)19-8-15-17-18-19/h2-3,7-10,16H,4-6H2,1H3. The lowest BCUT2D eigenvalue weighted by atomic mass is 10.0. The topological polar surface area (TPSA) is 64.9 Å². The highest BCUT2D eigenvalue weighted by molar-refractivity contribution is 6.33. The Hall–Kier alpha value is -1.66. The van der Waals surface area contributed by atoms with E-state index in [1.54, 1.807) is 11.0 Å². The van der Waals surface area contributed by atoms with Gasteiger partial charge in [-0.2, -0.15) is 0 Å². The first-order chi connectivity index (χ1) is 9.72. The Balaban J connectivity index is 1.80. The minimum absolute atomic E-state index is 0.280. The van der Waals surface area contributed by atoms with Gasteiger partial charge in [0.25, 0.3) is 0 Å². The number of halogens is 1. The van der Waals surface area contributed by atoms with Crippen LogP contribution in [0, 0.1) is 0 Å². The summed E-state index contributed by atoms with van der Waals surface area (Å²) in [6.45, 7) is 2.87. The molecule has 0 radical (unpaired) electrons. The Morgan fingerprint density at radius 1 is 1.45 bits per heavy atom. The van der Waals surface area contributed by atoms with Crippen molar-refractivity contribution in [2.75, 3.05) is 11.9 Å². The summed E-state index contributed by atoms with van der Waals surface area (Å²) in [5.74, 6) is 0. The smallest absolute Gasteiger partial charge is 0.143 e. The predicted molar refractivity (Wildman–Crippen MR) is 76.2 cm³/mol. The van der Waals surface area contributed by atoms with Gasteiger partial charge in [-0.05, 0) is 48.4 Å². The molecule has 0 saturated carbocycles. The van der Waals surface area contributed by atoms with E-state index in [9.17, 15) is 0 Å². The molecule has 2 atom stereocenters. The van der Waals surface area contributed by atoms with Crippen molar-refractivity contribution in [2.24, 2.45) is 0 Å². The van der Waals surface area contributed by atoms with Gasteiger partial charge in [0, 0.05) is 12.6 Å². The summed E-state index contributed by atoms with van der Waals surface area (Å²) in [6, 6.07) is 6.07. The first kappa shape index (κ1) is 13.3. The Morgan fingerprint density at radius 3 is 3.10 bits per heavy atom. The Labute approximate surface area is 122 Å². The Kier molecular flexibility index (Phi) is 3.84. The average molecular weight is 294 g/mol.